The number of amides is 1. The largest absolute Gasteiger partial charge is 0.337 e. The van der Waals surface area contributed by atoms with Crippen LogP contribution in [0.4, 0.5) is 0 Å². The summed E-state index contributed by atoms with van der Waals surface area (Å²) in [4.78, 5) is 12.6. The van der Waals surface area contributed by atoms with Crippen LogP contribution in [-0.4, -0.2) is 19.0 Å². The van der Waals surface area contributed by atoms with Gasteiger partial charge in [0.2, 0.25) is 5.91 Å². The molecule has 0 aliphatic carbocycles. The lowest BCUT2D eigenvalue weighted by Gasteiger charge is -2.34. The lowest BCUT2D eigenvalue weighted by atomic mass is 9.79. The fourth-order valence-electron chi connectivity index (χ4n) is 2.41. The number of hydrogen-bond donors (Lipinski definition) is 2. The lowest BCUT2D eigenvalue weighted by molar-refractivity contribution is -0.130. The summed E-state index contributed by atoms with van der Waals surface area (Å²) in [5.41, 5.74) is 0.0206. The van der Waals surface area contributed by atoms with E-state index < -0.39 is 8.96 Å². The molecule has 1 saturated heterocycles. The van der Waals surface area contributed by atoms with E-state index >= 15 is 0 Å². The molecule has 1 aliphatic heterocycles. The van der Waals surface area contributed by atoms with Crippen molar-refractivity contribution in [1.82, 2.24) is 10.6 Å². The fraction of sp³-hybridized carbons (Fsp3) is 0.467. The van der Waals surface area contributed by atoms with Crippen molar-refractivity contribution < 1.29 is 4.79 Å². The van der Waals surface area contributed by atoms with Crippen molar-refractivity contribution in [1.29, 1.82) is 5.26 Å². The highest BCUT2D eigenvalue weighted by molar-refractivity contribution is 14.1. The van der Waals surface area contributed by atoms with Crippen LogP contribution in [0.3, 0.4) is 0 Å². The molecule has 0 saturated carbocycles. The minimum absolute atomic E-state index is 0.196. The van der Waals surface area contributed by atoms with Crippen molar-refractivity contribution in [2.45, 2.75) is 23.3 Å². The Labute approximate surface area is 143 Å². The van der Waals surface area contributed by atoms with Crippen LogP contribution < -0.4 is 10.6 Å². The topological polar surface area (TPSA) is 64.9 Å². The van der Waals surface area contributed by atoms with E-state index in [1.54, 1.807) is 12.1 Å². The standard InChI is InChI=1S/C15H17ClIN3O/c1-14(17,11-2-4-12(16)5-3-11)20-13(21)15(10-18)6-8-19-9-7-15/h2-5,19H,6-9H2,1H3,(H,20,21). The third-order valence-electron chi connectivity index (χ3n) is 3.84. The summed E-state index contributed by atoms with van der Waals surface area (Å²) in [5.74, 6) is -0.196. The average Bonchev–Trinajstić information content (AvgIpc) is 2.48. The highest BCUT2D eigenvalue weighted by atomic mass is 127. The molecule has 0 spiro atoms. The zero-order valence-corrected chi connectivity index (χ0v) is 14.7. The van der Waals surface area contributed by atoms with E-state index in [0.29, 0.717) is 31.0 Å². The molecule has 1 unspecified atom stereocenters. The van der Waals surface area contributed by atoms with Gasteiger partial charge in [-0.25, -0.2) is 0 Å². The van der Waals surface area contributed by atoms with Gasteiger partial charge < -0.3 is 10.6 Å². The fourth-order valence-corrected chi connectivity index (χ4v) is 3.14. The summed E-state index contributed by atoms with van der Waals surface area (Å²) < 4.78 is -0.575. The Morgan fingerprint density at radius 3 is 2.52 bits per heavy atom. The monoisotopic (exact) mass is 417 g/mol. The van der Waals surface area contributed by atoms with Gasteiger partial charge in [0.25, 0.3) is 0 Å². The maximum absolute atomic E-state index is 12.6. The van der Waals surface area contributed by atoms with Gasteiger partial charge in [-0.2, -0.15) is 5.26 Å². The van der Waals surface area contributed by atoms with E-state index in [1.165, 1.54) is 0 Å². The van der Waals surface area contributed by atoms with Crippen LogP contribution in [0.15, 0.2) is 24.3 Å². The molecular weight excluding hydrogens is 401 g/mol. The first kappa shape index (κ1) is 16.5. The van der Waals surface area contributed by atoms with Gasteiger partial charge in [0, 0.05) is 5.02 Å². The van der Waals surface area contributed by atoms with Gasteiger partial charge in [0.15, 0.2) is 0 Å². The summed E-state index contributed by atoms with van der Waals surface area (Å²) >= 11 is 8.08. The van der Waals surface area contributed by atoms with Crippen molar-refractivity contribution >= 4 is 40.1 Å². The lowest BCUT2D eigenvalue weighted by Crippen LogP contribution is -2.51. The van der Waals surface area contributed by atoms with Crippen molar-refractivity contribution in [3.05, 3.63) is 34.9 Å². The second kappa shape index (κ2) is 6.51. The molecule has 0 bridgehead atoms. The molecule has 4 nitrogen and oxygen atoms in total. The molecule has 1 heterocycles. The minimum atomic E-state index is -0.926. The van der Waals surface area contributed by atoms with E-state index in [9.17, 15) is 10.1 Å². The molecule has 0 radical (unpaired) electrons. The van der Waals surface area contributed by atoms with Crippen molar-refractivity contribution in [2.75, 3.05) is 13.1 Å². The minimum Gasteiger partial charge on any atom is -0.337 e. The maximum Gasteiger partial charge on any atom is 0.241 e. The number of piperidine rings is 1. The Kier molecular flexibility index (Phi) is 5.12. The number of alkyl halides is 1. The van der Waals surface area contributed by atoms with Gasteiger partial charge in [-0.3, -0.25) is 4.79 Å². The van der Waals surface area contributed by atoms with Gasteiger partial charge in [-0.15, -0.1) is 0 Å². The summed E-state index contributed by atoms with van der Waals surface area (Å²) in [6.07, 6.45) is 1.09. The molecule has 1 aromatic carbocycles. The Bertz CT molecular complexity index is 559. The summed E-state index contributed by atoms with van der Waals surface area (Å²) in [5, 5.41) is 16.3. The van der Waals surface area contributed by atoms with Crippen LogP contribution in [0.25, 0.3) is 0 Å². The van der Waals surface area contributed by atoms with E-state index in [-0.39, 0.29) is 5.91 Å². The van der Waals surface area contributed by atoms with Gasteiger partial charge in [0.05, 0.1) is 6.07 Å². The van der Waals surface area contributed by atoms with E-state index in [1.807, 2.05) is 19.1 Å². The van der Waals surface area contributed by atoms with Gasteiger partial charge in [-0.05, 0) is 73.1 Å². The highest BCUT2D eigenvalue weighted by Gasteiger charge is 2.42. The summed E-state index contributed by atoms with van der Waals surface area (Å²) in [7, 11) is 0. The Morgan fingerprint density at radius 1 is 1.43 bits per heavy atom. The first-order valence-electron chi connectivity index (χ1n) is 6.79. The van der Waals surface area contributed by atoms with Crippen LogP contribution in [0, 0.1) is 16.7 Å². The second-order valence-electron chi connectivity index (χ2n) is 5.41. The van der Waals surface area contributed by atoms with Gasteiger partial charge >= 0.3 is 0 Å². The molecule has 2 N–H and O–H groups in total. The number of nitrogens with zero attached hydrogens (tertiary/aromatic N) is 1. The van der Waals surface area contributed by atoms with Crippen molar-refractivity contribution in [2.24, 2.45) is 5.41 Å². The summed E-state index contributed by atoms with van der Waals surface area (Å²) in [6, 6.07) is 9.59. The zero-order chi connectivity index (χ0) is 15.5. The van der Waals surface area contributed by atoms with E-state index in [0.717, 1.165) is 5.56 Å². The number of nitrogens with one attached hydrogen (secondary N) is 2. The number of nitriles is 1. The Balaban J connectivity index is 2.17. The SMILES string of the molecule is CC(I)(NC(=O)C1(C#N)CCNCC1)c1ccc(Cl)cc1. The number of halogens is 2. The molecule has 112 valence electrons. The van der Waals surface area contributed by atoms with E-state index in [4.69, 9.17) is 11.6 Å². The van der Waals surface area contributed by atoms with Crippen molar-refractivity contribution in [3.8, 4) is 6.07 Å². The molecule has 0 aromatic heterocycles. The van der Waals surface area contributed by atoms with Crippen LogP contribution in [0.5, 0.6) is 0 Å². The normalized spacial score (nSPS) is 20.1. The Morgan fingerprint density at radius 2 is 2.00 bits per heavy atom. The molecule has 1 fully saturated rings. The third kappa shape index (κ3) is 3.68. The summed E-state index contributed by atoms with van der Waals surface area (Å²) in [6.45, 7) is 3.31. The highest BCUT2D eigenvalue weighted by Crippen LogP contribution is 2.34. The van der Waals surface area contributed by atoms with Gasteiger partial charge in [-0.1, -0.05) is 23.7 Å². The van der Waals surface area contributed by atoms with E-state index in [2.05, 4.69) is 39.3 Å². The number of carbonyl (C=O) groups is 1. The smallest absolute Gasteiger partial charge is 0.241 e. The van der Waals surface area contributed by atoms with Crippen molar-refractivity contribution in [3.63, 3.8) is 0 Å². The predicted octanol–water partition coefficient (Wildman–Crippen LogP) is 2.96. The number of benzene rings is 1. The first-order chi connectivity index (χ1) is 9.89. The maximum atomic E-state index is 12.6. The van der Waals surface area contributed by atoms with Gasteiger partial charge in [0.1, 0.15) is 8.96 Å². The molecule has 1 amide bonds. The van der Waals surface area contributed by atoms with Crippen LogP contribution in [-0.2, 0) is 8.34 Å². The molecule has 1 aromatic rings. The molecule has 2 rings (SSSR count). The quantitative estimate of drug-likeness (QED) is 0.451. The van der Waals surface area contributed by atoms with Crippen LogP contribution >= 0.6 is 34.2 Å². The number of rotatable bonds is 3. The zero-order valence-electron chi connectivity index (χ0n) is 11.7. The molecule has 1 aliphatic rings. The third-order valence-corrected chi connectivity index (χ3v) is 4.98. The molecular formula is C15H17ClIN3O. The van der Waals surface area contributed by atoms with Crippen LogP contribution in [0.2, 0.25) is 5.02 Å². The second-order valence-corrected chi connectivity index (χ2v) is 8.00. The first-order valence-corrected chi connectivity index (χ1v) is 8.25. The number of hydrogen-bond acceptors (Lipinski definition) is 3. The molecule has 1 atom stereocenters. The predicted molar refractivity (Wildman–Crippen MR) is 91.1 cm³/mol. The average molecular weight is 418 g/mol. The molecule has 21 heavy (non-hydrogen) atoms. The Hall–Kier alpha value is -0.840. The molecule has 6 heteroatoms. The van der Waals surface area contributed by atoms with Crippen LogP contribution in [0.1, 0.15) is 25.3 Å². The number of carbonyl (C=O) groups excluding carboxylic acids is 1.